The number of nitrogens with zero attached hydrogens (tertiary/aromatic N) is 3. The molecular formula is C21H18ClN3O4. The van der Waals surface area contributed by atoms with Crippen molar-refractivity contribution in [2.75, 3.05) is 17.0 Å². The van der Waals surface area contributed by atoms with Gasteiger partial charge in [0.15, 0.2) is 5.71 Å². The highest BCUT2D eigenvalue weighted by molar-refractivity contribution is 6.47. The molecule has 1 fully saturated rings. The Hall–Kier alpha value is -3.19. The summed E-state index contributed by atoms with van der Waals surface area (Å²) in [7, 11) is 1.22. The minimum Gasteiger partial charge on any atom is -0.464 e. The number of methoxy groups -OCH3 is 1. The summed E-state index contributed by atoms with van der Waals surface area (Å²) < 4.78 is 4.82. The number of carbonyl (C=O) groups is 3. The number of fused-ring (bicyclic) bond motifs is 1. The number of hydrazone groups is 1. The molecule has 2 atom stereocenters. The molecular weight excluding hydrogens is 394 g/mol. The van der Waals surface area contributed by atoms with Crippen LogP contribution in [0, 0.1) is 19.8 Å². The van der Waals surface area contributed by atoms with E-state index in [4.69, 9.17) is 16.3 Å². The van der Waals surface area contributed by atoms with Crippen LogP contribution in [0.4, 0.5) is 11.4 Å². The Morgan fingerprint density at radius 2 is 1.72 bits per heavy atom. The molecule has 2 amide bonds. The summed E-state index contributed by atoms with van der Waals surface area (Å²) in [5.74, 6) is -2.77. The van der Waals surface area contributed by atoms with E-state index in [2.05, 4.69) is 5.10 Å². The maximum absolute atomic E-state index is 13.4. The Balaban J connectivity index is 1.86. The summed E-state index contributed by atoms with van der Waals surface area (Å²) >= 11 is 6.20. The number of halogens is 1. The van der Waals surface area contributed by atoms with Crippen molar-refractivity contribution in [3.8, 4) is 0 Å². The molecule has 2 heterocycles. The van der Waals surface area contributed by atoms with Gasteiger partial charge < -0.3 is 4.74 Å². The highest BCUT2D eigenvalue weighted by atomic mass is 35.5. The van der Waals surface area contributed by atoms with Crippen molar-refractivity contribution in [2.45, 2.75) is 19.9 Å². The van der Waals surface area contributed by atoms with Crippen LogP contribution in [-0.4, -0.2) is 36.6 Å². The first-order chi connectivity index (χ1) is 13.9. The van der Waals surface area contributed by atoms with E-state index in [-0.39, 0.29) is 5.71 Å². The highest BCUT2D eigenvalue weighted by Crippen LogP contribution is 2.40. The highest BCUT2D eigenvalue weighted by Gasteiger charge is 2.59. The maximum Gasteiger partial charge on any atom is 0.355 e. The van der Waals surface area contributed by atoms with Crippen LogP contribution in [-0.2, 0) is 19.1 Å². The molecule has 0 aliphatic carbocycles. The number of imide groups is 1. The lowest BCUT2D eigenvalue weighted by molar-refractivity contribution is -0.133. The molecule has 1 saturated heterocycles. The van der Waals surface area contributed by atoms with Gasteiger partial charge in [0, 0.05) is 5.02 Å². The third-order valence-corrected chi connectivity index (χ3v) is 5.70. The number of benzene rings is 2. The summed E-state index contributed by atoms with van der Waals surface area (Å²) in [5.41, 5.74) is 2.43. The van der Waals surface area contributed by atoms with E-state index >= 15 is 0 Å². The van der Waals surface area contributed by atoms with E-state index < -0.39 is 29.7 Å². The monoisotopic (exact) mass is 411 g/mol. The number of carbonyl (C=O) groups excluding carboxylic acids is 3. The predicted octanol–water partition coefficient (Wildman–Crippen LogP) is 2.86. The molecule has 7 nitrogen and oxygen atoms in total. The molecule has 4 rings (SSSR count). The number of hydrogen-bond donors (Lipinski definition) is 0. The van der Waals surface area contributed by atoms with Gasteiger partial charge in [-0.25, -0.2) is 9.69 Å². The minimum absolute atomic E-state index is 0.0821. The van der Waals surface area contributed by atoms with Crippen molar-refractivity contribution in [3.63, 3.8) is 0 Å². The molecule has 0 unspecified atom stereocenters. The zero-order valence-corrected chi connectivity index (χ0v) is 16.8. The molecule has 148 valence electrons. The fourth-order valence-corrected chi connectivity index (χ4v) is 3.95. The molecule has 0 bridgehead atoms. The fourth-order valence-electron chi connectivity index (χ4n) is 3.78. The van der Waals surface area contributed by atoms with Gasteiger partial charge >= 0.3 is 5.97 Å². The summed E-state index contributed by atoms with van der Waals surface area (Å²) in [6, 6.07) is 11.4. The summed E-state index contributed by atoms with van der Waals surface area (Å²) in [5, 5.41) is 6.22. The SMILES string of the molecule is COC(=O)C1=NN(c2ccccc2C)[C@@H]2C(=O)N(c3cccc(Cl)c3C)C(=O)[C@H]12. The minimum atomic E-state index is -1.05. The van der Waals surface area contributed by atoms with Gasteiger partial charge in [0.05, 0.1) is 18.5 Å². The first kappa shape index (κ1) is 19.1. The van der Waals surface area contributed by atoms with Crippen molar-refractivity contribution < 1.29 is 19.1 Å². The molecule has 2 aliphatic rings. The standard InChI is InChI=1S/C21H18ClN3O4/c1-11-7-4-5-9-14(11)25-18-16(17(23-25)21(28)29-3)19(26)24(20(18)27)15-10-6-8-13(22)12(15)2/h4-10,16,18H,1-3H3/t16-,18+/m1/s1. The van der Waals surface area contributed by atoms with Gasteiger partial charge in [-0.15, -0.1) is 0 Å². The van der Waals surface area contributed by atoms with Crippen LogP contribution in [0.1, 0.15) is 11.1 Å². The number of aryl methyl sites for hydroxylation is 1. The molecule has 2 aromatic carbocycles. The van der Waals surface area contributed by atoms with Crippen LogP contribution in [0.15, 0.2) is 47.6 Å². The lowest BCUT2D eigenvalue weighted by atomic mass is 9.97. The quantitative estimate of drug-likeness (QED) is 0.573. The smallest absolute Gasteiger partial charge is 0.355 e. The number of anilines is 2. The maximum atomic E-state index is 13.4. The summed E-state index contributed by atoms with van der Waals surface area (Å²) in [6.07, 6.45) is 0. The molecule has 8 heteroatoms. The van der Waals surface area contributed by atoms with E-state index in [0.29, 0.717) is 22.0 Å². The Labute approximate surface area is 172 Å². The topological polar surface area (TPSA) is 79.3 Å². The van der Waals surface area contributed by atoms with Crippen LogP contribution in [0.5, 0.6) is 0 Å². The van der Waals surface area contributed by atoms with E-state index in [1.807, 2.05) is 25.1 Å². The van der Waals surface area contributed by atoms with Crippen LogP contribution >= 0.6 is 11.6 Å². The van der Waals surface area contributed by atoms with Gasteiger partial charge in [-0.2, -0.15) is 5.10 Å². The van der Waals surface area contributed by atoms with Crippen LogP contribution in [0.25, 0.3) is 0 Å². The largest absolute Gasteiger partial charge is 0.464 e. The Bertz CT molecular complexity index is 1080. The number of amides is 2. The van der Waals surface area contributed by atoms with Gasteiger partial charge in [-0.1, -0.05) is 35.9 Å². The second-order valence-corrected chi connectivity index (χ2v) is 7.33. The summed E-state index contributed by atoms with van der Waals surface area (Å²) in [6.45, 7) is 3.61. The zero-order valence-electron chi connectivity index (χ0n) is 16.0. The normalized spacial score (nSPS) is 20.8. The van der Waals surface area contributed by atoms with Crippen molar-refractivity contribution >= 4 is 46.5 Å². The number of esters is 1. The van der Waals surface area contributed by atoms with Crippen LogP contribution in [0.3, 0.4) is 0 Å². The van der Waals surface area contributed by atoms with E-state index in [1.54, 1.807) is 31.2 Å². The van der Waals surface area contributed by atoms with Gasteiger partial charge in [0.25, 0.3) is 5.91 Å². The first-order valence-electron chi connectivity index (χ1n) is 9.01. The second-order valence-electron chi connectivity index (χ2n) is 6.93. The Morgan fingerprint density at radius 3 is 2.41 bits per heavy atom. The molecule has 29 heavy (non-hydrogen) atoms. The Morgan fingerprint density at radius 1 is 1.03 bits per heavy atom. The average Bonchev–Trinajstić information content (AvgIpc) is 3.21. The zero-order chi connectivity index (χ0) is 20.9. The third-order valence-electron chi connectivity index (χ3n) is 5.29. The molecule has 0 spiro atoms. The molecule has 0 aromatic heterocycles. The van der Waals surface area contributed by atoms with Crippen LogP contribution in [0.2, 0.25) is 5.02 Å². The molecule has 2 aromatic rings. The molecule has 0 saturated carbocycles. The van der Waals surface area contributed by atoms with Crippen molar-refractivity contribution in [1.82, 2.24) is 0 Å². The number of ether oxygens (including phenoxy) is 1. The Kier molecular flexibility index (Phi) is 4.62. The van der Waals surface area contributed by atoms with Crippen molar-refractivity contribution in [3.05, 3.63) is 58.6 Å². The van der Waals surface area contributed by atoms with Gasteiger partial charge in [-0.05, 0) is 43.2 Å². The number of rotatable bonds is 3. The van der Waals surface area contributed by atoms with Crippen molar-refractivity contribution in [2.24, 2.45) is 11.0 Å². The summed E-state index contributed by atoms with van der Waals surface area (Å²) in [4.78, 5) is 40.2. The fraction of sp³-hybridized carbons (Fsp3) is 0.238. The van der Waals surface area contributed by atoms with Gasteiger partial charge in [-0.3, -0.25) is 14.6 Å². The average molecular weight is 412 g/mol. The number of hydrogen-bond acceptors (Lipinski definition) is 6. The molecule has 0 radical (unpaired) electrons. The van der Waals surface area contributed by atoms with Gasteiger partial charge in [0.1, 0.15) is 12.0 Å². The lowest BCUT2D eigenvalue weighted by Crippen LogP contribution is -2.39. The second kappa shape index (κ2) is 7.00. The van der Waals surface area contributed by atoms with Gasteiger partial charge in [0.2, 0.25) is 5.91 Å². The van der Waals surface area contributed by atoms with Crippen molar-refractivity contribution in [1.29, 1.82) is 0 Å². The third kappa shape index (κ3) is 2.81. The van der Waals surface area contributed by atoms with E-state index in [9.17, 15) is 14.4 Å². The molecule has 0 N–H and O–H groups in total. The predicted molar refractivity (Wildman–Crippen MR) is 109 cm³/mol. The van der Waals surface area contributed by atoms with E-state index in [0.717, 1.165) is 10.5 Å². The number of para-hydroxylation sites is 1. The lowest BCUT2D eigenvalue weighted by Gasteiger charge is -2.24. The van der Waals surface area contributed by atoms with E-state index in [1.165, 1.54) is 12.1 Å². The molecule has 2 aliphatic heterocycles. The van der Waals surface area contributed by atoms with Crippen LogP contribution < -0.4 is 9.91 Å². The first-order valence-corrected chi connectivity index (χ1v) is 9.39.